The van der Waals surface area contributed by atoms with Gasteiger partial charge < -0.3 is 19.5 Å². The van der Waals surface area contributed by atoms with Gasteiger partial charge in [-0.2, -0.15) is 0 Å². The fraction of sp³-hybridized carbons (Fsp3) is 0.556. The molecular formula is C18H23NO5. The van der Waals surface area contributed by atoms with Crippen molar-refractivity contribution in [3.63, 3.8) is 0 Å². The van der Waals surface area contributed by atoms with Crippen LogP contribution >= 0.6 is 0 Å². The summed E-state index contributed by atoms with van der Waals surface area (Å²) in [6.07, 6.45) is 3.65. The van der Waals surface area contributed by atoms with Crippen molar-refractivity contribution < 1.29 is 24.2 Å². The molecule has 130 valence electrons. The molecule has 2 aliphatic rings. The number of esters is 1. The largest absolute Gasteiger partial charge is 0.493 e. The maximum atomic E-state index is 12.6. The van der Waals surface area contributed by atoms with Crippen molar-refractivity contribution in [2.45, 2.75) is 31.8 Å². The first-order chi connectivity index (χ1) is 11.6. The van der Waals surface area contributed by atoms with Crippen LogP contribution in [0.5, 0.6) is 5.75 Å². The number of amides is 1. The summed E-state index contributed by atoms with van der Waals surface area (Å²) < 4.78 is 10.6. The molecule has 2 fully saturated rings. The highest BCUT2D eigenvalue weighted by molar-refractivity contribution is 5.98. The minimum absolute atomic E-state index is 0.203. The molecule has 1 aliphatic heterocycles. The molecule has 1 aromatic carbocycles. The van der Waals surface area contributed by atoms with Gasteiger partial charge in [0.05, 0.1) is 25.4 Å². The van der Waals surface area contributed by atoms with Gasteiger partial charge in [-0.3, -0.25) is 4.79 Å². The van der Waals surface area contributed by atoms with Crippen molar-refractivity contribution in [1.82, 2.24) is 4.90 Å². The molecule has 1 N–H and O–H groups in total. The maximum Gasteiger partial charge on any atom is 0.338 e. The topological polar surface area (TPSA) is 76.1 Å². The van der Waals surface area contributed by atoms with Gasteiger partial charge in [0.15, 0.2) is 0 Å². The van der Waals surface area contributed by atoms with Crippen LogP contribution in [0.25, 0.3) is 0 Å². The SMILES string of the molecule is COC(=O)c1cc(OCC2CCC2)cc(C(=O)N2CCC(O)C2)c1. The predicted molar refractivity (Wildman–Crippen MR) is 87.1 cm³/mol. The Bertz CT molecular complexity index is 626. The van der Waals surface area contributed by atoms with Gasteiger partial charge in [0.2, 0.25) is 0 Å². The number of nitrogens with zero attached hydrogens (tertiary/aromatic N) is 1. The third-order valence-electron chi connectivity index (χ3n) is 4.74. The molecule has 1 unspecified atom stereocenters. The Kier molecular flexibility index (Phi) is 5.04. The van der Waals surface area contributed by atoms with Crippen molar-refractivity contribution in [3.05, 3.63) is 29.3 Å². The fourth-order valence-corrected chi connectivity index (χ4v) is 3.02. The molecule has 3 rings (SSSR count). The Morgan fingerprint density at radius 1 is 1.21 bits per heavy atom. The molecular weight excluding hydrogens is 310 g/mol. The number of ether oxygens (including phenoxy) is 2. The minimum atomic E-state index is -0.500. The van der Waals surface area contributed by atoms with E-state index in [1.54, 1.807) is 17.0 Å². The molecule has 0 aromatic heterocycles. The Morgan fingerprint density at radius 3 is 2.54 bits per heavy atom. The smallest absolute Gasteiger partial charge is 0.338 e. The Morgan fingerprint density at radius 2 is 1.96 bits per heavy atom. The summed E-state index contributed by atoms with van der Waals surface area (Å²) >= 11 is 0. The van der Waals surface area contributed by atoms with E-state index in [-0.39, 0.29) is 5.91 Å². The van der Waals surface area contributed by atoms with Crippen molar-refractivity contribution in [1.29, 1.82) is 0 Å². The lowest BCUT2D eigenvalue weighted by atomic mass is 9.86. The van der Waals surface area contributed by atoms with Crippen molar-refractivity contribution in [2.75, 3.05) is 26.8 Å². The van der Waals surface area contributed by atoms with Crippen LogP contribution in [0.1, 0.15) is 46.4 Å². The number of carbonyl (C=O) groups excluding carboxylic acids is 2. The van der Waals surface area contributed by atoms with Crippen LogP contribution < -0.4 is 4.74 Å². The predicted octanol–water partition coefficient (Wildman–Crippen LogP) is 1.86. The molecule has 6 heteroatoms. The molecule has 1 aliphatic carbocycles. The lowest BCUT2D eigenvalue weighted by Gasteiger charge is -2.25. The number of aliphatic hydroxyl groups excluding tert-OH is 1. The van der Waals surface area contributed by atoms with E-state index in [4.69, 9.17) is 9.47 Å². The first-order valence-electron chi connectivity index (χ1n) is 8.40. The summed E-state index contributed by atoms with van der Waals surface area (Å²) in [5.74, 6) is 0.359. The first kappa shape index (κ1) is 16.8. The number of aliphatic hydroxyl groups is 1. The van der Waals surface area contributed by atoms with Gasteiger partial charge in [-0.1, -0.05) is 6.42 Å². The van der Waals surface area contributed by atoms with Gasteiger partial charge in [0, 0.05) is 18.7 Å². The summed E-state index contributed by atoms with van der Waals surface area (Å²) in [6, 6.07) is 4.80. The van der Waals surface area contributed by atoms with E-state index < -0.39 is 12.1 Å². The van der Waals surface area contributed by atoms with E-state index in [1.165, 1.54) is 19.6 Å². The van der Waals surface area contributed by atoms with Crippen LogP contribution in [0.4, 0.5) is 0 Å². The van der Waals surface area contributed by atoms with Crippen LogP contribution in [0, 0.1) is 5.92 Å². The maximum absolute atomic E-state index is 12.6. The summed E-state index contributed by atoms with van der Waals surface area (Å²) in [5, 5.41) is 9.62. The van der Waals surface area contributed by atoms with Gasteiger partial charge in [-0.05, 0) is 43.4 Å². The molecule has 0 spiro atoms. The zero-order valence-electron chi connectivity index (χ0n) is 13.9. The molecule has 0 bridgehead atoms. The standard InChI is InChI=1S/C18H23NO5/c1-23-18(22)14-7-13(17(21)19-6-5-15(20)10-19)8-16(9-14)24-11-12-3-2-4-12/h7-9,12,15,20H,2-6,10-11H2,1H3. The molecule has 0 radical (unpaired) electrons. The van der Waals surface area contributed by atoms with E-state index >= 15 is 0 Å². The van der Waals surface area contributed by atoms with Gasteiger partial charge in [0.1, 0.15) is 5.75 Å². The van der Waals surface area contributed by atoms with Crippen LogP contribution in [0.3, 0.4) is 0 Å². The fourth-order valence-electron chi connectivity index (χ4n) is 3.02. The Balaban J connectivity index is 1.80. The lowest BCUT2D eigenvalue weighted by molar-refractivity contribution is 0.0600. The summed E-state index contributed by atoms with van der Waals surface area (Å²) in [5.41, 5.74) is 0.683. The molecule has 1 aromatic rings. The Labute approximate surface area is 141 Å². The van der Waals surface area contributed by atoms with Gasteiger partial charge in [0.25, 0.3) is 5.91 Å². The Hall–Kier alpha value is -2.08. The van der Waals surface area contributed by atoms with E-state index in [0.717, 1.165) is 12.8 Å². The van der Waals surface area contributed by atoms with Crippen LogP contribution in [0.15, 0.2) is 18.2 Å². The third-order valence-corrected chi connectivity index (χ3v) is 4.74. The first-order valence-corrected chi connectivity index (χ1v) is 8.40. The summed E-state index contributed by atoms with van der Waals surface area (Å²) in [6.45, 7) is 1.43. The van der Waals surface area contributed by atoms with E-state index in [2.05, 4.69) is 0 Å². The van der Waals surface area contributed by atoms with Crippen LogP contribution in [-0.4, -0.2) is 54.8 Å². The highest BCUT2D eigenvalue weighted by Gasteiger charge is 2.26. The number of methoxy groups -OCH3 is 1. The van der Waals surface area contributed by atoms with Crippen molar-refractivity contribution >= 4 is 11.9 Å². The quantitative estimate of drug-likeness (QED) is 0.833. The van der Waals surface area contributed by atoms with Gasteiger partial charge in [-0.15, -0.1) is 0 Å². The average Bonchev–Trinajstić information content (AvgIpc) is 2.98. The number of hydrogen-bond donors (Lipinski definition) is 1. The van der Waals surface area contributed by atoms with Crippen molar-refractivity contribution in [2.24, 2.45) is 5.92 Å². The second kappa shape index (κ2) is 7.21. The van der Waals surface area contributed by atoms with Crippen LogP contribution in [-0.2, 0) is 4.74 Å². The monoisotopic (exact) mass is 333 g/mol. The van der Waals surface area contributed by atoms with E-state index in [1.807, 2.05) is 0 Å². The molecule has 6 nitrogen and oxygen atoms in total. The normalized spacial score (nSPS) is 20.6. The zero-order chi connectivity index (χ0) is 17.1. The number of carbonyl (C=O) groups is 2. The van der Waals surface area contributed by atoms with E-state index in [9.17, 15) is 14.7 Å². The highest BCUT2D eigenvalue weighted by Crippen LogP contribution is 2.28. The van der Waals surface area contributed by atoms with Gasteiger partial charge in [-0.25, -0.2) is 4.79 Å². The summed E-state index contributed by atoms with van der Waals surface area (Å²) in [4.78, 5) is 26.1. The van der Waals surface area contributed by atoms with Crippen LogP contribution in [0.2, 0.25) is 0 Å². The highest BCUT2D eigenvalue weighted by atomic mass is 16.5. The average molecular weight is 333 g/mol. The number of rotatable bonds is 5. The van der Waals surface area contributed by atoms with Gasteiger partial charge >= 0.3 is 5.97 Å². The summed E-state index contributed by atoms with van der Waals surface area (Å²) in [7, 11) is 1.31. The lowest BCUT2D eigenvalue weighted by Crippen LogP contribution is -2.29. The zero-order valence-corrected chi connectivity index (χ0v) is 13.9. The molecule has 1 amide bonds. The molecule has 24 heavy (non-hydrogen) atoms. The third kappa shape index (κ3) is 3.70. The number of β-amino-alcohol motifs (C(OH)–C–C–N with tert-alkyl or cyclic N) is 1. The minimum Gasteiger partial charge on any atom is -0.493 e. The molecule has 1 saturated heterocycles. The number of likely N-dealkylation sites (tertiary alicyclic amines) is 1. The van der Waals surface area contributed by atoms with Crippen molar-refractivity contribution in [3.8, 4) is 5.75 Å². The molecule has 1 atom stereocenters. The second-order valence-corrected chi connectivity index (χ2v) is 6.54. The molecule has 1 saturated carbocycles. The van der Waals surface area contributed by atoms with E-state index in [0.29, 0.717) is 48.9 Å². The number of benzene rings is 1. The number of hydrogen-bond acceptors (Lipinski definition) is 5. The molecule has 1 heterocycles. The second-order valence-electron chi connectivity index (χ2n) is 6.54.